The van der Waals surface area contributed by atoms with E-state index in [-0.39, 0.29) is 11.6 Å². The lowest BCUT2D eigenvalue weighted by Gasteiger charge is -2.11. The van der Waals surface area contributed by atoms with Crippen molar-refractivity contribution >= 4 is 23.5 Å². The van der Waals surface area contributed by atoms with Crippen LogP contribution in [0.4, 0.5) is 0 Å². The third-order valence-corrected chi connectivity index (χ3v) is 7.38. The lowest BCUT2D eigenvalue weighted by Crippen LogP contribution is -2.10. The van der Waals surface area contributed by atoms with Gasteiger partial charge >= 0.3 is 11.9 Å². The van der Waals surface area contributed by atoms with Gasteiger partial charge in [0.25, 0.3) is 0 Å². The topological polar surface area (TPSA) is 105 Å². The quantitative estimate of drug-likeness (QED) is 0.0356. The molecule has 0 spiro atoms. The fourth-order valence-electron chi connectivity index (χ4n) is 4.65. The van der Waals surface area contributed by atoms with E-state index in [1.165, 1.54) is 6.08 Å². The second kappa shape index (κ2) is 20.2. The van der Waals surface area contributed by atoms with E-state index in [4.69, 9.17) is 18.9 Å². The fourth-order valence-corrected chi connectivity index (χ4v) is 4.65. The van der Waals surface area contributed by atoms with E-state index < -0.39 is 11.9 Å². The molecule has 3 aromatic rings. The summed E-state index contributed by atoms with van der Waals surface area (Å²) in [5.74, 6) is 0.761. The Balaban J connectivity index is 1.40. The Kier molecular flexibility index (Phi) is 15.7. The Labute approximate surface area is 277 Å². The average Bonchev–Trinajstić information content (AvgIpc) is 3.09. The van der Waals surface area contributed by atoms with Gasteiger partial charge in [-0.25, -0.2) is 9.59 Å². The first-order valence-corrected chi connectivity index (χ1v) is 16.1. The van der Waals surface area contributed by atoms with Crippen LogP contribution in [0.1, 0.15) is 89.6 Å². The molecule has 0 bridgehead atoms. The summed E-state index contributed by atoms with van der Waals surface area (Å²) in [5.41, 5.74) is 2.06. The smallest absolute Gasteiger partial charge is 0.343 e. The number of benzene rings is 3. The van der Waals surface area contributed by atoms with Gasteiger partial charge in [0.2, 0.25) is 0 Å². The van der Waals surface area contributed by atoms with Crippen molar-refractivity contribution < 1.29 is 38.1 Å². The van der Waals surface area contributed by atoms with Crippen molar-refractivity contribution in [2.24, 2.45) is 0 Å². The minimum Gasteiger partial charge on any atom is -0.494 e. The van der Waals surface area contributed by atoms with Gasteiger partial charge in [0.15, 0.2) is 11.6 Å². The van der Waals surface area contributed by atoms with Crippen molar-refractivity contribution in [3.05, 3.63) is 114 Å². The number of hydrogen-bond acceptors (Lipinski definition) is 8. The molecule has 3 aromatic carbocycles. The Bertz CT molecular complexity index is 1490. The van der Waals surface area contributed by atoms with Gasteiger partial charge in [-0.3, -0.25) is 9.59 Å². The molecule has 8 nitrogen and oxygen atoms in total. The molecule has 0 aliphatic rings. The summed E-state index contributed by atoms with van der Waals surface area (Å²) in [6, 6.07) is 18.8. The number of allylic oxidation sites excluding steroid dienone is 1. The number of ether oxygens (including phenoxy) is 4. The van der Waals surface area contributed by atoms with E-state index in [1.807, 2.05) is 0 Å². The second-order valence-corrected chi connectivity index (χ2v) is 11.1. The molecule has 0 heterocycles. The monoisotopic (exact) mass is 640 g/mol. The van der Waals surface area contributed by atoms with Gasteiger partial charge in [-0.05, 0) is 124 Å². The first-order chi connectivity index (χ1) is 22.8. The van der Waals surface area contributed by atoms with Crippen molar-refractivity contribution in [2.75, 3.05) is 19.8 Å². The van der Waals surface area contributed by atoms with Gasteiger partial charge in [-0.2, -0.15) is 0 Å². The van der Waals surface area contributed by atoms with Gasteiger partial charge in [-0.1, -0.05) is 26.0 Å². The first kappa shape index (κ1) is 36.5. The zero-order valence-corrected chi connectivity index (χ0v) is 27.2. The molecular formula is C39H44O8. The number of rotatable bonds is 22. The number of hydrogen-bond donors (Lipinski definition) is 0. The van der Waals surface area contributed by atoms with Crippen LogP contribution in [0.2, 0.25) is 0 Å². The summed E-state index contributed by atoms with van der Waals surface area (Å²) < 4.78 is 22.1. The Morgan fingerprint density at radius 1 is 0.617 bits per heavy atom. The molecule has 47 heavy (non-hydrogen) atoms. The highest BCUT2D eigenvalue weighted by molar-refractivity contribution is 6.09. The maximum absolute atomic E-state index is 13.1. The van der Waals surface area contributed by atoms with Crippen molar-refractivity contribution in [1.29, 1.82) is 0 Å². The van der Waals surface area contributed by atoms with E-state index in [0.29, 0.717) is 65.7 Å². The zero-order valence-electron chi connectivity index (χ0n) is 27.2. The molecule has 0 fully saturated rings. The lowest BCUT2D eigenvalue weighted by atomic mass is 10.0. The van der Waals surface area contributed by atoms with Crippen molar-refractivity contribution in [2.45, 2.75) is 64.7 Å². The Morgan fingerprint density at radius 3 is 1.70 bits per heavy atom. The summed E-state index contributed by atoms with van der Waals surface area (Å²) in [6.45, 7) is 10.1. The van der Waals surface area contributed by atoms with Crippen LogP contribution in [0, 0.1) is 6.92 Å². The lowest BCUT2D eigenvalue weighted by molar-refractivity contribution is -0.137. The molecule has 0 amide bonds. The molecular weight excluding hydrogens is 596 g/mol. The minimum absolute atomic E-state index is 0.0787. The van der Waals surface area contributed by atoms with E-state index in [2.05, 4.69) is 13.2 Å². The van der Waals surface area contributed by atoms with Crippen LogP contribution in [0.15, 0.2) is 92.0 Å². The maximum Gasteiger partial charge on any atom is 0.343 e. The summed E-state index contributed by atoms with van der Waals surface area (Å²) in [7, 11) is 0. The molecule has 0 aliphatic carbocycles. The van der Waals surface area contributed by atoms with E-state index in [9.17, 15) is 19.2 Å². The summed E-state index contributed by atoms with van der Waals surface area (Å²) in [4.78, 5) is 48.1. The van der Waals surface area contributed by atoms with Gasteiger partial charge in [0.1, 0.15) is 17.2 Å². The highest BCUT2D eigenvalue weighted by Crippen LogP contribution is 2.24. The molecule has 0 unspecified atom stereocenters. The molecule has 0 aromatic heterocycles. The molecule has 0 saturated heterocycles. The summed E-state index contributed by atoms with van der Waals surface area (Å²) >= 11 is 0. The number of carbonyl (C=O) groups excluding carboxylic acids is 4. The van der Waals surface area contributed by atoms with Gasteiger partial charge in [0.05, 0.1) is 25.4 Å². The van der Waals surface area contributed by atoms with Crippen molar-refractivity contribution in [1.82, 2.24) is 0 Å². The molecule has 3 rings (SSSR count). The normalized spacial score (nSPS) is 10.5. The van der Waals surface area contributed by atoms with E-state index >= 15 is 0 Å². The Morgan fingerprint density at radius 2 is 1.15 bits per heavy atom. The predicted molar refractivity (Wildman–Crippen MR) is 181 cm³/mol. The second-order valence-electron chi connectivity index (χ2n) is 11.1. The zero-order chi connectivity index (χ0) is 33.9. The molecule has 0 N–H and O–H groups in total. The Hall–Kier alpha value is -4.98. The highest BCUT2D eigenvalue weighted by Gasteiger charge is 2.15. The first-order valence-electron chi connectivity index (χ1n) is 16.1. The van der Waals surface area contributed by atoms with Crippen LogP contribution < -0.4 is 14.2 Å². The van der Waals surface area contributed by atoms with Crippen molar-refractivity contribution in [3.63, 3.8) is 0 Å². The molecule has 248 valence electrons. The summed E-state index contributed by atoms with van der Waals surface area (Å²) in [5, 5.41) is 0. The largest absolute Gasteiger partial charge is 0.494 e. The summed E-state index contributed by atoms with van der Waals surface area (Å²) in [6.07, 6.45) is 10.3. The fraction of sp³-hybridized carbons (Fsp3) is 0.333. The number of ketones is 2. The highest BCUT2D eigenvalue weighted by atomic mass is 16.5. The van der Waals surface area contributed by atoms with Crippen LogP contribution in [0.25, 0.3) is 0 Å². The van der Waals surface area contributed by atoms with Gasteiger partial charge < -0.3 is 18.9 Å². The average molecular weight is 641 g/mol. The SMILES string of the molecule is C=CC(=O)CCCCCCOc1ccc(C(=O)Oc2ccc(C(=O)c3ccc(OCCCCCCOC(=O)C=C)cc3)cc2C)cc1. The predicted octanol–water partition coefficient (Wildman–Crippen LogP) is 8.20. The number of esters is 2. The molecule has 0 radical (unpaired) electrons. The standard InChI is InChI=1S/C39H44O8/c1-4-33(40)14-10-6-7-11-25-45-35-22-17-31(18-23-35)39(43)47-36-24-19-32(28-29(36)3)38(42)30-15-20-34(21-16-30)44-26-12-8-9-13-27-46-37(41)5-2/h4-5,15-24,28H,1-2,6-14,25-27H2,3H3. The van der Waals surface area contributed by atoms with E-state index in [1.54, 1.807) is 73.7 Å². The maximum atomic E-state index is 13.1. The number of unbranched alkanes of at least 4 members (excludes halogenated alkanes) is 6. The number of carbonyl (C=O) groups is 4. The van der Waals surface area contributed by atoms with Gasteiger partial charge in [0, 0.05) is 23.6 Å². The minimum atomic E-state index is -0.502. The van der Waals surface area contributed by atoms with Crippen LogP contribution in [-0.2, 0) is 14.3 Å². The molecule has 0 atom stereocenters. The number of aryl methyl sites for hydroxylation is 1. The van der Waals surface area contributed by atoms with Crippen LogP contribution in [0.5, 0.6) is 17.2 Å². The van der Waals surface area contributed by atoms with Gasteiger partial charge in [-0.15, -0.1) is 0 Å². The van der Waals surface area contributed by atoms with E-state index in [0.717, 1.165) is 57.4 Å². The van der Waals surface area contributed by atoms with Crippen LogP contribution >= 0.6 is 0 Å². The van der Waals surface area contributed by atoms with Crippen LogP contribution in [-0.4, -0.2) is 43.3 Å². The third kappa shape index (κ3) is 13.1. The van der Waals surface area contributed by atoms with Crippen LogP contribution in [0.3, 0.4) is 0 Å². The molecule has 8 heteroatoms. The molecule has 0 aliphatic heterocycles. The molecule has 0 saturated carbocycles. The third-order valence-electron chi connectivity index (χ3n) is 7.38. The van der Waals surface area contributed by atoms with Crippen molar-refractivity contribution in [3.8, 4) is 17.2 Å².